The summed E-state index contributed by atoms with van der Waals surface area (Å²) < 4.78 is 83.8. The number of allylic oxidation sites excluding steroid dienone is 2. The summed E-state index contributed by atoms with van der Waals surface area (Å²) in [6.45, 7) is 0.0547. The Hall–Kier alpha value is -5.19. The topological polar surface area (TPSA) is 184 Å². The first-order valence-electron chi connectivity index (χ1n) is 18.7. The highest BCUT2D eigenvalue weighted by atomic mass is 32.2. The van der Waals surface area contributed by atoms with Crippen molar-refractivity contribution >= 4 is 49.8 Å². The number of nitrogens with zero attached hydrogens (tertiary/aromatic N) is 3. The van der Waals surface area contributed by atoms with Crippen LogP contribution in [0.2, 0.25) is 0 Å². The molecule has 2 aliphatic carbocycles. The third kappa shape index (κ3) is 8.77. The van der Waals surface area contributed by atoms with E-state index >= 15 is 0 Å². The maximum absolute atomic E-state index is 13.4. The number of benzene rings is 2. The number of likely N-dealkylation sites (tertiary alicyclic amines) is 1. The molecule has 2 aromatic carbocycles. The molecule has 3 N–H and O–H groups in total. The molecule has 3 amide bonds. The molecular weight excluding hydrogens is 756 g/mol. The molecule has 56 heavy (non-hydrogen) atoms. The number of nitrogens with two attached hydrogens (primary N) is 1. The number of amides is 3. The lowest BCUT2D eigenvalue weighted by molar-refractivity contribution is -0.137. The summed E-state index contributed by atoms with van der Waals surface area (Å²) in [5.41, 5.74) is 6.17. The highest BCUT2D eigenvalue weighted by molar-refractivity contribution is 7.90. The van der Waals surface area contributed by atoms with Crippen LogP contribution in [-0.4, -0.2) is 72.1 Å². The standard InChI is InChI=1S/C39H42F3N5O8S/c1-53-25-14-17-31-29(19-25)33-34(55-31)38(45-36(44-33)22-10-12-24(13-11-22)39(40,41)42)54-26-20-30(35(43)49)47(21-26)32(48)9-7-5-3-2-4-6-8-23-18-28(23)37(50)46-56(51,52)27-15-16-27/h6,8,10-14,17,19,23,26-28,30H,2-5,7,9,15-16,18,20-21H2,1H3,(H2,43,49)(H,46,50)/b8-6-/t23-,26-,28+,30+/m1/s1. The summed E-state index contributed by atoms with van der Waals surface area (Å²) in [5.74, 6) is -0.972. The summed E-state index contributed by atoms with van der Waals surface area (Å²) in [6, 6.07) is 8.61. The Labute approximate surface area is 320 Å². The van der Waals surface area contributed by atoms with Crippen molar-refractivity contribution in [2.45, 2.75) is 87.8 Å². The average Bonchev–Trinajstić information content (AvgIpc) is 4.09. The first kappa shape index (κ1) is 39.1. The van der Waals surface area contributed by atoms with Crippen LogP contribution in [0.15, 0.2) is 59.0 Å². The second-order valence-corrected chi connectivity index (χ2v) is 16.6. The van der Waals surface area contributed by atoms with E-state index in [2.05, 4.69) is 14.7 Å². The number of hydrogen-bond donors (Lipinski definition) is 2. The summed E-state index contributed by atoms with van der Waals surface area (Å²) in [6.07, 6.45) is 4.83. The van der Waals surface area contributed by atoms with E-state index in [-0.39, 0.29) is 54.4 Å². The highest BCUT2D eigenvalue weighted by Gasteiger charge is 2.45. The third-order valence-corrected chi connectivity index (χ3v) is 12.3. The van der Waals surface area contributed by atoms with E-state index < -0.39 is 51.0 Å². The van der Waals surface area contributed by atoms with Crippen molar-refractivity contribution in [1.29, 1.82) is 0 Å². The Bertz CT molecular complexity index is 2270. The van der Waals surface area contributed by atoms with Gasteiger partial charge in [0.2, 0.25) is 33.3 Å². The number of sulfonamides is 1. The van der Waals surface area contributed by atoms with E-state index in [1.165, 1.54) is 24.1 Å². The summed E-state index contributed by atoms with van der Waals surface area (Å²) in [7, 11) is -2.02. The predicted octanol–water partition coefficient (Wildman–Crippen LogP) is 6.05. The van der Waals surface area contributed by atoms with Crippen molar-refractivity contribution in [1.82, 2.24) is 19.6 Å². The van der Waals surface area contributed by atoms with Crippen LogP contribution in [0.5, 0.6) is 11.6 Å². The number of methoxy groups -OCH3 is 1. The van der Waals surface area contributed by atoms with Crippen molar-refractivity contribution in [2.24, 2.45) is 17.6 Å². The minimum atomic E-state index is -4.52. The van der Waals surface area contributed by atoms with Crippen LogP contribution < -0.4 is 19.9 Å². The first-order chi connectivity index (χ1) is 26.7. The average molecular weight is 798 g/mol. The highest BCUT2D eigenvalue weighted by Crippen LogP contribution is 2.41. The molecule has 0 radical (unpaired) electrons. The number of fused-ring (bicyclic) bond motifs is 3. The molecule has 17 heteroatoms. The number of rotatable bonds is 16. The molecule has 298 valence electrons. The van der Waals surface area contributed by atoms with Gasteiger partial charge in [-0.25, -0.2) is 13.4 Å². The summed E-state index contributed by atoms with van der Waals surface area (Å²) >= 11 is 0. The number of carbonyl (C=O) groups excluding carboxylic acids is 3. The number of furan rings is 1. The second kappa shape index (κ2) is 15.7. The van der Waals surface area contributed by atoms with Gasteiger partial charge in [0.1, 0.15) is 29.0 Å². The zero-order valence-electron chi connectivity index (χ0n) is 30.6. The van der Waals surface area contributed by atoms with Gasteiger partial charge in [-0.1, -0.05) is 37.1 Å². The molecule has 1 saturated heterocycles. The molecule has 4 atom stereocenters. The summed E-state index contributed by atoms with van der Waals surface area (Å²) in [4.78, 5) is 48.7. The molecular formula is C39H42F3N5O8S. The van der Waals surface area contributed by atoms with Gasteiger partial charge in [0, 0.05) is 24.3 Å². The van der Waals surface area contributed by atoms with Gasteiger partial charge in [0.25, 0.3) is 5.88 Å². The molecule has 4 aromatic rings. The van der Waals surface area contributed by atoms with Crippen molar-refractivity contribution in [2.75, 3.05) is 13.7 Å². The summed E-state index contributed by atoms with van der Waals surface area (Å²) in [5, 5.41) is 0.132. The van der Waals surface area contributed by atoms with Crippen LogP contribution in [0.4, 0.5) is 13.2 Å². The maximum Gasteiger partial charge on any atom is 0.416 e. The van der Waals surface area contributed by atoms with Crippen molar-refractivity contribution in [3.8, 4) is 23.0 Å². The van der Waals surface area contributed by atoms with E-state index in [0.29, 0.717) is 53.5 Å². The minimum absolute atomic E-state index is 0.00127. The maximum atomic E-state index is 13.4. The van der Waals surface area contributed by atoms with Gasteiger partial charge in [0.05, 0.1) is 29.9 Å². The van der Waals surface area contributed by atoms with Gasteiger partial charge in [0.15, 0.2) is 5.82 Å². The quantitative estimate of drug-likeness (QED) is 0.100. The first-order valence-corrected chi connectivity index (χ1v) is 20.2. The third-order valence-electron chi connectivity index (χ3n) is 10.4. The lowest BCUT2D eigenvalue weighted by Crippen LogP contribution is -2.43. The van der Waals surface area contributed by atoms with E-state index in [1.54, 1.807) is 18.2 Å². The van der Waals surface area contributed by atoms with Gasteiger partial charge in [-0.05, 0) is 74.8 Å². The molecule has 2 saturated carbocycles. The largest absolute Gasteiger partial charge is 0.497 e. The second-order valence-electron chi connectivity index (χ2n) is 14.6. The van der Waals surface area contributed by atoms with Crippen molar-refractivity contribution in [3.05, 3.63) is 60.2 Å². The van der Waals surface area contributed by atoms with Crippen LogP contribution in [-0.2, 0) is 30.6 Å². The number of halogens is 3. The zero-order chi connectivity index (χ0) is 39.8. The fourth-order valence-electron chi connectivity index (χ4n) is 7.04. The number of aromatic nitrogens is 2. The fraction of sp³-hybridized carbons (Fsp3) is 0.462. The lowest BCUT2D eigenvalue weighted by Gasteiger charge is -2.21. The van der Waals surface area contributed by atoms with Gasteiger partial charge in [-0.15, -0.1) is 0 Å². The smallest absolute Gasteiger partial charge is 0.416 e. The molecule has 0 spiro atoms. The molecule has 1 aliphatic heterocycles. The Morgan fingerprint density at radius 2 is 1.79 bits per heavy atom. The van der Waals surface area contributed by atoms with Crippen molar-refractivity contribution in [3.63, 3.8) is 0 Å². The van der Waals surface area contributed by atoms with Crippen LogP contribution in [0.25, 0.3) is 33.5 Å². The molecule has 0 bridgehead atoms. The van der Waals surface area contributed by atoms with Crippen molar-refractivity contribution < 1.29 is 49.9 Å². The van der Waals surface area contributed by atoms with E-state index in [4.69, 9.17) is 19.6 Å². The van der Waals surface area contributed by atoms with Crippen LogP contribution in [0.1, 0.15) is 69.8 Å². The van der Waals surface area contributed by atoms with Gasteiger partial charge in [-0.2, -0.15) is 18.2 Å². The fourth-order valence-corrected chi connectivity index (χ4v) is 8.40. The predicted molar refractivity (Wildman–Crippen MR) is 199 cm³/mol. The van der Waals surface area contributed by atoms with Crippen LogP contribution in [0, 0.1) is 11.8 Å². The Morgan fingerprint density at radius 3 is 2.48 bits per heavy atom. The number of ether oxygens (including phenoxy) is 2. The normalized spacial score (nSPS) is 21.2. The number of hydrogen-bond acceptors (Lipinski definition) is 10. The van der Waals surface area contributed by atoms with E-state index in [9.17, 15) is 36.0 Å². The van der Waals surface area contributed by atoms with E-state index in [0.717, 1.165) is 37.8 Å². The monoisotopic (exact) mass is 797 g/mol. The number of unbranched alkanes of at least 4 members (excludes halogenated alkanes) is 4. The minimum Gasteiger partial charge on any atom is -0.497 e. The van der Waals surface area contributed by atoms with Gasteiger partial charge in [-0.3, -0.25) is 19.1 Å². The molecule has 13 nitrogen and oxygen atoms in total. The number of alkyl halides is 3. The molecule has 0 unspecified atom stereocenters. The van der Waals surface area contributed by atoms with Crippen LogP contribution >= 0.6 is 0 Å². The number of carbonyl (C=O) groups is 3. The number of nitrogens with one attached hydrogen (secondary N) is 1. The van der Waals surface area contributed by atoms with Gasteiger partial charge < -0.3 is 24.5 Å². The molecule has 3 aliphatic rings. The SMILES string of the molecule is COc1ccc2oc3c(O[C@@H]4C[C@@H](C(N)=O)N(C(=O)CCCCCC/C=C\[C@@H]5C[C@@H]5C(=O)NS(=O)(=O)C5CC5)C4)nc(-c4ccc(C(F)(F)F)cc4)nc3c2c1. The van der Waals surface area contributed by atoms with Crippen LogP contribution in [0.3, 0.4) is 0 Å². The lowest BCUT2D eigenvalue weighted by atomic mass is 10.1. The Balaban J connectivity index is 0.949. The molecule has 3 heterocycles. The molecule has 7 rings (SSSR count). The van der Waals surface area contributed by atoms with E-state index in [1.807, 2.05) is 12.2 Å². The zero-order valence-corrected chi connectivity index (χ0v) is 31.4. The van der Waals surface area contributed by atoms with Gasteiger partial charge >= 0.3 is 6.18 Å². The number of primary amides is 1. The molecule has 3 fully saturated rings. The Kier molecular flexibility index (Phi) is 11.0. The Morgan fingerprint density at radius 1 is 1.04 bits per heavy atom. The molecule has 2 aromatic heterocycles.